The molecular weight excluding hydrogens is 421 g/mol. The van der Waals surface area contributed by atoms with E-state index >= 15 is 0 Å². The molecule has 4 N–H and O–H groups in total. The van der Waals surface area contributed by atoms with Crippen LogP contribution in [0.4, 0.5) is 20.7 Å². The number of hydrogen-bond acceptors (Lipinski definition) is 5. The first-order valence-corrected chi connectivity index (χ1v) is 11.0. The van der Waals surface area contributed by atoms with E-state index in [-0.39, 0.29) is 17.7 Å². The second-order valence-electron chi connectivity index (χ2n) is 9.37. The summed E-state index contributed by atoms with van der Waals surface area (Å²) in [7, 11) is 0. The van der Waals surface area contributed by atoms with Crippen LogP contribution in [0.25, 0.3) is 22.0 Å². The summed E-state index contributed by atoms with van der Waals surface area (Å²) in [5.74, 6) is 0.146. The maximum Gasteiger partial charge on any atom is 0.319 e. The molecule has 0 unspecified atom stereocenters. The predicted octanol–water partition coefficient (Wildman–Crippen LogP) is 5.01. The molecule has 2 heterocycles. The third kappa shape index (κ3) is 6.38. The Morgan fingerprint density at radius 3 is 2.55 bits per heavy atom. The number of halogens is 1. The number of aliphatic hydroxyl groups is 1. The van der Waals surface area contributed by atoms with Gasteiger partial charge in [0.2, 0.25) is 0 Å². The lowest BCUT2D eigenvalue weighted by Gasteiger charge is -2.18. The van der Waals surface area contributed by atoms with Crippen molar-refractivity contribution in [1.29, 1.82) is 0 Å². The molecule has 1 aromatic carbocycles. The highest BCUT2D eigenvalue weighted by atomic mass is 19.1. The number of aliphatic hydroxyl groups excluding tert-OH is 1. The van der Waals surface area contributed by atoms with Crippen molar-refractivity contribution in [3.63, 3.8) is 0 Å². The van der Waals surface area contributed by atoms with Gasteiger partial charge in [-0.05, 0) is 55.0 Å². The Balaban J connectivity index is 1.88. The second kappa shape index (κ2) is 10.1. The summed E-state index contributed by atoms with van der Waals surface area (Å²) in [5.41, 5.74) is 4.13. The van der Waals surface area contributed by atoms with E-state index in [0.717, 1.165) is 39.7 Å². The lowest BCUT2D eigenvalue weighted by molar-refractivity contribution is 0.250. The van der Waals surface area contributed by atoms with Crippen LogP contribution in [0, 0.1) is 25.1 Å². The zero-order valence-corrected chi connectivity index (χ0v) is 19.8. The summed E-state index contributed by atoms with van der Waals surface area (Å²) in [5, 5.41) is 18.3. The van der Waals surface area contributed by atoms with Gasteiger partial charge in [-0.3, -0.25) is 4.98 Å². The number of rotatable bonds is 7. The van der Waals surface area contributed by atoms with Gasteiger partial charge in [0.15, 0.2) is 0 Å². The quantitative estimate of drug-likeness (QED) is 0.403. The number of pyridine rings is 2. The number of carbonyl (C=O) groups excluding carboxylic acids is 1. The van der Waals surface area contributed by atoms with E-state index in [2.05, 4.69) is 41.7 Å². The van der Waals surface area contributed by atoms with Crippen molar-refractivity contribution < 1.29 is 14.3 Å². The van der Waals surface area contributed by atoms with Crippen molar-refractivity contribution in [2.24, 2.45) is 5.41 Å². The lowest BCUT2D eigenvalue weighted by atomic mass is 9.92. The molecule has 3 rings (SSSR count). The number of nitrogens with zero attached hydrogens (tertiary/aromatic N) is 2. The van der Waals surface area contributed by atoms with Crippen LogP contribution in [0.2, 0.25) is 0 Å². The molecule has 0 saturated heterocycles. The molecule has 0 saturated carbocycles. The fourth-order valence-corrected chi connectivity index (χ4v) is 3.49. The second-order valence-corrected chi connectivity index (χ2v) is 9.37. The van der Waals surface area contributed by atoms with Crippen LogP contribution in [0.15, 0.2) is 30.5 Å². The van der Waals surface area contributed by atoms with E-state index in [1.807, 2.05) is 26.0 Å². The minimum atomic E-state index is -0.491. The van der Waals surface area contributed by atoms with Crippen molar-refractivity contribution in [2.75, 3.05) is 30.3 Å². The van der Waals surface area contributed by atoms with Crippen LogP contribution in [0.5, 0.6) is 0 Å². The number of anilines is 2. The number of nitrogens with one attached hydrogen (secondary N) is 3. The Morgan fingerprint density at radius 2 is 1.85 bits per heavy atom. The van der Waals surface area contributed by atoms with E-state index in [0.29, 0.717) is 18.9 Å². The summed E-state index contributed by atoms with van der Waals surface area (Å²) >= 11 is 0. The minimum Gasteiger partial charge on any atom is -0.395 e. The molecule has 0 bridgehead atoms. The average Bonchev–Trinajstić information content (AvgIpc) is 2.73. The third-order valence-electron chi connectivity index (χ3n) is 5.32. The molecule has 0 aliphatic heterocycles. The molecule has 176 valence electrons. The van der Waals surface area contributed by atoms with Gasteiger partial charge in [-0.1, -0.05) is 20.8 Å². The highest BCUT2D eigenvalue weighted by molar-refractivity contribution is 5.92. The molecule has 0 radical (unpaired) electrons. The summed E-state index contributed by atoms with van der Waals surface area (Å²) in [6.45, 7) is 10.9. The minimum absolute atomic E-state index is 0.0138. The largest absolute Gasteiger partial charge is 0.395 e. The van der Waals surface area contributed by atoms with Gasteiger partial charge in [-0.2, -0.15) is 0 Å². The highest BCUT2D eigenvalue weighted by Crippen LogP contribution is 2.32. The number of aromatic nitrogens is 2. The van der Waals surface area contributed by atoms with Crippen LogP contribution in [0.3, 0.4) is 0 Å². The zero-order chi connectivity index (χ0) is 24.2. The average molecular weight is 454 g/mol. The Bertz CT molecular complexity index is 1160. The van der Waals surface area contributed by atoms with Crippen molar-refractivity contribution in [3.8, 4) is 11.1 Å². The molecule has 2 amide bonds. The summed E-state index contributed by atoms with van der Waals surface area (Å²) in [6, 6.07) is 6.42. The van der Waals surface area contributed by atoms with Crippen LogP contribution in [-0.4, -0.2) is 40.8 Å². The molecule has 7 nitrogen and oxygen atoms in total. The lowest BCUT2D eigenvalue weighted by Crippen LogP contribution is -2.31. The summed E-state index contributed by atoms with van der Waals surface area (Å²) in [6.07, 6.45) is 2.53. The first-order chi connectivity index (χ1) is 15.6. The SMILES string of the molecule is Cc1cc(F)c(NC(=O)NCCC(C)(C)C)cc1-c1cc2cnc(NCCO)cc2nc1C. The van der Waals surface area contributed by atoms with E-state index < -0.39 is 11.8 Å². The first-order valence-electron chi connectivity index (χ1n) is 11.0. The van der Waals surface area contributed by atoms with Crippen molar-refractivity contribution in [1.82, 2.24) is 15.3 Å². The molecular formula is C25H32FN5O2. The molecule has 3 aromatic rings. The van der Waals surface area contributed by atoms with Crippen molar-refractivity contribution in [3.05, 3.63) is 47.5 Å². The number of hydrogen-bond donors (Lipinski definition) is 4. The number of benzene rings is 1. The van der Waals surface area contributed by atoms with Crippen molar-refractivity contribution in [2.45, 2.75) is 41.0 Å². The Hall–Kier alpha value is -3.26. The molecule has 0 aliphatic carbocycles. The van der Waals surface area contributed by atoms with Crippen LogP contribution in [-0.2, 0) is 0 Å². The van der Waals surface area contributed by atoms with E-state index in [1.165, 1.54) is 6.07 Å². The molecule has 0 atom stereocenters. The molecule has 2 aromatic heterocycles. The Kier molecular flexibility index (Phi) is 7.48. The first kappa shape index (κ1) is 24.4. The maximum atomic E-state index is 14.6. The van der Waals surface area contributed by atoms with E-state index in [1.54, 1.807) is 12.3 Å². The van der Waals surface area contributed by atoms with E-state index in [9.17, 15) is 9.18 Å². The Labute approximate surface area is 193 Å². The number of aryl methyl sites for hydroxylation is 2. The smallest absolute Gasteiger partial charge is 0.319 e. The maximum absolute atomic E-state index is 14.6. The van der Waals surface area contributed by atoms with Gasteiger partial charge in [0.25, 0.3) is 0 Å². The van der Waals surface area contributed by atoms with Gasteiger partial charge >= 0.3 is 6.03 Å². The van der Waals surface area contributed by atoms with Gasteiger partial charge in [-0.15, -0.1) is 0 Å². The van der Waals surface area contributed by atoms with E-state index in [4.69, 9.17) is 10.1 Å². The number of amides is 2. The normalized spacial score (nSPS) is 11.5. The fraction of sp³-hybridized carbons (Fsp3) is 0.400. The topological polar surface area (TPSA) is 99.2 Å². The number of urea groups is 1. The Morgan fingerprint density at radius 1 is 1.09 bits per heavy atom. The van der Waals surface area contributed by atoms with Crippen LogP contribution >= 0.6 is 0 Å². The summed E-state index contributed by atoms with van der Waals surface area (Å²) < 4.78 is 14.6. The predicted molar refractivity (Wildman–Crippen MR) is 131 cm³/mol. The number of fused-ring (bicyclic) bond motifs is 1. The molecule has 8 heteroatoms. The molecule has 0 fully saturated rings. The standard InChI is InChI=1S/C25H32FN5O2/c1-15-10-20(26)22(31-24(33)28-7-6-25(3,4)5)12-18(15)19-11-17-14-29-23(27-8-9-32)13-21(17)30-16(19)2/h10-14,32H,6-9H2,1-5H3,(H,27,29)(H2,28,31,33). The van der Waals surface area contributed by atoms with Crippen LogP contribution < -0.4 is 16.0 Å². The summed E-state index contributed by atoms with van der Waals surface area (Å²) in [4.78, 5) is 21.4. The highest BCUT2D eigenvalue weighted by Gasteiger charge is 2.15. The third-order valence-corrected chi connectivity index (χ3v) is 5.32. The zero-order valence-electron chi connectivity index (χ0n) is 19.8. The number of carbonyl (C=O) groups is 1. The van der Waals surface area contributed by atoms with Crippen LogP contribution in [0.1, 0.15) is 38.4 Å². The van der Waals surface area contributed by atoms with Crippen molar-refractivity contribution >= 4 is 28.4 Å². The molecule has 0 spiro atoms. The monoisotopic (exact) mass is 453 g/mol. The van der Waals surface area contributed by atoms with Gasteiger partial charge in [0.1, 0.15) is 11.6 Å². The molecule has 0 aliphatic rings. The van der Waals surface area contributed by atoms with Gasteiger partial charge in [-0.25, -0.2) is 14.2 Å². The fourth-order valence-electron chi connectivity index (χ4n) is 3.49. The van der Waals surface area contributed by atoms with Gasteiger partial charge in [0, 0.05) is 42.0 Å². The van der Waals surface area contributed by atoms with Gasteiger partial charge in [0.05, 0.1) is 17.8 Å². The molecule has 33 heavy (non-hydrogen) atoms. The van der Waals surface area contributed by atoms with Gasteiger partial charge < -0.3 is 21.1 Å².